The highest BCUT2D eigenvalue weighted by molar-refractivity contribution is 5.92. The van der Waals surface area contributed by atoms with E-state index in [0.29, 0.717) is 5.57 Å². The molecule has 1 atom stereocenters. The summed E-state index contributed by atoms with van der Waals surface area (Å²) in [5.41, 5.74) is -1.11. The Balaban J connectivity index is 4.81. The first-order chi connectivity index (χ1) is 13.1. The van der Waals surface area contributed by atoms with Crippen molar-refractivity contribution in [1.29, 1.82) is 0 Å². The monoisotopic (exact) mass is 414 g/mol. The van der Waals surface area contributed by atoms with E-state index in [4.69, 9.17) is 9.47 Å². The number of carbonyl (C=O) groups is 4. The predicted molar refractivity (Wildman–Crippen MR) is 108 cm³/mol. The molecule has 0 fully saturated rings. The minimum atomic E-state index is -1.10. The van der Waals surface area contributed by atoms with Gasteiger partial charge in [-0.15, -0.1) is 0 Å². The van der Waals surface area contributed by atoms with E-state index in [1.807, 2.05) is 0 Å². The van der Waals surface area contributed by atoms with E-state index in [1.165, 1.54) is 0 Å². The van der Waals surface area contributed by atoms with Crippen LogP contribution in [0, 0.1) is 0 Å². The SMILES string of the molecule is C=C(C)C(=O)NCCNC(=O)C(CNC(=O)OC(C)(C)C)NC(=O)OC(C)(C)C. The Morgan fingerprint density at radius 2 is 1.31 bits per heavy atom. The number of ether oxygens (including phenoxy) is 2. The van der Waals surface area contributed by atoms with Crippen LogP contribution in [0.2, 0.25) is 0 Å². The van der Waals surface area contributed by atoms with Gasteiger partial charge < -0.3 is 30.7 Å². The molecule has 0 radical (unpaired) electrons. The normalized spacial score (nSPS) is 12.2. The molecule has 0 aliphatic rings. The average Bonchev–Trinajstić information content (AvgIpc) is 2.51. The van der Waals surface area contributed by atoms with E-state index in [-0.39, 0.29) is 25.5 Å². The fourth-order valence-electron chi connectivity index (χ4n) is 1.79. The summed E-state index contributed by atoms with van der Waals surface area (Å²) in [4.78, 5) is 47.7. The third-order valence-corrected chi connectivity index (χ3v) is 2.95. The molecule has 0 spiro atoms. The molecular weight excluding hydrogens is 380 g/mol. The van der Waals surface area contributed by atoms with E-state index < -0.39 is 35.3 Å². The Morgan fingerprint density at radius 1 is 0.828 bits per heavy atom. The minimum Gasteiger partial charge on any atom is -0.444 e. The van der Waals surface area contributed by atoms with Crippen LogP contribution in [-0.4, -0.2) is 60.9 Å². The van der Waals surface area contributed by atoms with Gasteiger partial charge in [0.15, 0.2) is 0 Å². The third kappa shape index (κ3) is 14.0. The lowest BCUT2D eigenvalue weighted by atomic mass is 10.2. The van der Waals surface area contributed by atoms with Gasteiger partial charge in [-0.3, -0.25) is 9.59 Å². The topological polar surface area (TPSA) is 135 Å². The van der Waals surface area contributed by atoms with Crippen LogP contribution < -0.4 is 21.3 Å². The second-order valence-corrected chi connectivity index (χ2v) is 8.41. The maximum Gasteiger partial charge on any atom is 0.408 e. The molecule has 0 bridgehead atoms. The number of hydrogen-bond donors (Lipinski definition) is 4. The molecule has 0 aromatic carbocycles. The van der Waals surface area contributed by atoms with Crippen LogP contribution >= 0.6 is 0 Å². The minimum absolute atomic E-state index is 0.122. The first kappa shape index (κ1) is 26.2. The quantitative estimate of drug-likeness (QED) is 0.348. The lowest BCUT2D eigenvalue weighted by Crippen LogP contribution is -2.54. The zero-order valence-corrected chi connectivity index (χ0v) is 18.4. The summed E-state index contributed by atoms with van der Waals surface area (Å²) >= 11 is 0. The molecule has 0 heterocycles. The molecule has 0 saturated carbocycles. The summed E-state index contributed by atoms with van der Waals surface area (Å²) in [7, 11) is 0. The van der Waals surface area contributed by atoms with Gasteiger partial charge in [0.1, 0.15) is 17.2 Å². The van der Waals surface area contributed by atoms with Crippen LogP contribution in [0.4, 0.5) is 9.59 Å². The molecule has 0 saturated heterocycles. The highest BCUT2D eigenvalue weighted by Crippen LogP contribution is 2.07. The number of amides is 4. The summed E-state index contributed by atoms with van der Waals surface area (Å²) in [5.74, 6) is -0.884. The highest BCUT2D eigenvalue weighted by atomic mass is 16.6. The highest BCUT2D eigenvalue weighted by Gasteiger charge is 2.25. The van der Waals surface area contributed by atoms with Gasteiger partial charge in [-0.25, -0.2) is 9.59 Å². The zero-order valence-electron chi connectivity index (χ0n) is 18.4. The molecule has 29 heavy (non-hydrogen) atoms. The van der Waals surface area contributed by atoms with Crippen molar-refractivity contribution < 1.29 is 28.7 Å². The lowest BCUT2D eigenvalue weighted by Gasteiger charge is -2.24. The molecule has 0 aliphatic heterocycles. The smallest absolute Gasteiger partial charge is 0.408 e. The van der Waals surface area contributed by atoms with Crippen molar-refractivity contribution in [2.75, 3.05) is 19.6 Å². The molecule has 10 heteroatoms. The predicted octanol–water partition coefficient (Wildman–Crippen LogP) is 1.21. The summed E-state index contributed by atoms with van der Waals surface area (Å²) < 4.78 is 10.3. The molecule has 0 rings (SSSR count). The number of rotatable bonds is 8. The van der Waals surface area contributed by atoms with E-state index in [9.17, 15) is 19.2 Å². The van der Waals surface area contributed by atoms with Gasteiger partial charge in [0.2, 0.25) is 11.8 Å². The second-order valence-electron chi connectivity index (χ2n) is 8.41. The fourth-order valence-corrected chi connectivity index (χ4v) is 1.79. The molecule has 1 unspecified atom stereocenters. The number of nitrogens with one attached hydrogen (secondary N) is 4. The van der Waals surface area contributed by atoms with Crippen molar-refractivity contribution in [1.82, 2.24) is 21.3 Å². The van der Waals surface area contributed by atoms with E-state index in [1.54, 1.807) is 48.5 Å². The number of hydrogen-bond acceptors (Lipinski definition) is 6. The Bertz CT molecular complexity index is 619. The van der Waals surface area contributed by atoms with Gasteiger partial charge in [0, 0.05) is 18.7 Å². The average molecular weight is 415 g/mol. The summed E-state index contributed by atoms with van der Waals surface area (Å²) in [6.07, 6.45) is -1.53. The Kier molecular flexibility index (Phi) is 10.2. The molecule has 10 nitrogen and oxygen atoms in total. The first-order valence-corrected chi connectivity index (χ1v) is 9.28. The van der Waals surface area contributed by atoms with Crippen LogP contribution in [0.3, 0.4) is 0 Å². The van der Waals surface area contributed by atoms with Crippen LogP contribution in [0.5, 0.6) is 0 Å². The molecule has 0 aliphatic carbocycles. The van der Waals surface area contributed by atoms with Gasteiger partial charge in [0.05, 0.1) is 6.54 Å². The molecule has 0 aromatic heterocycles. The first-order valence-electron chi connectivity index (χ1n) is 9.28. The third-order valence-electron chi connectivity index (χ3n) is 2.95. The van der Waals surface area contributed by atoms with Crippen LogP contribution in [0.25, 0.3) is 0 Å². The van der Waals surface area contributed by atoms with Crippen molar-refractivity contribution in [2.24, 2.45) is 0 Å². The van der Waals surface area contributed by atoms with Gasteiger partial charge in [-0.05, 0) is 48.5 Å². The fraction of sp³-hybridized carbons (Fsp3) is 0.684. The van der Waals surface area contributed by atoms with E-state index in [2.05, 4.69) is 27.8 Å². The number of carbonyl (C=O) groups excluding carboxylic acids is 4. The molecule has 4 N–H and O–H groups in total. The lowest BCUT2D eigenvalue weighted by molar-refractivity contribution is -0.123. The summed E-state index contributed by atoms with van der Waals surface area (Å²) in [6.45, 7) is 15.3. The van der Waals surface area contributed by atoms with Crippen molar-refractivity contribution in [2.45, 2.75) is 65.7 Å². The molecule has 0 aromatic rings. The number of alkyl carbamates (subject to hydrolysis) is 2. The molecular formula is C19H34N4O6. The summed E-state index contributed by atoms with van der Waals surface area (Å²) in [5, 5.41) is 9.99. The van der Waals surface area contributed by atoms with Crippen LogP contribution in [0.1, 0.15) is 48.5 Å². The summed E-state index contributed by atoms with van der Waals surface area (Å²) in [6, 6.07) is -1.10. The van der Waals surface area contributed by atoms with E-state index >= 15 is 0 Å². The second kappa shape index (κ2) is 11.3. The Hall–Kier alpha value is -2.78. The Labute approximate surface area is 172 Å². The van der Waals surface area contributed by atoms with Gasteiger partial charge >= 0.3 is 12.2 Å². The molecule has 4 amide bonds. The van der Waals surface area contributed by atoms with Crippen molar-refractivity contribution in [3.63, 3.8) is 0 Å². The van der Waals surface area contributed by atoms with E-state index in [0.717, 1.165) is 0 Å². The van der Waals surface area contributed by atoms with Gasteiger partial charge in [-0.2, -0.15) is 0 Å². The van der Waals surface area contributed by atoms with Crippen LogP contribution in [0.15, 0.2) is 12.2 Å². The maximum absolute atomic E-state index is 12.4. The maximum atomic E-state index is 12.4. The van der Waals surface area contributed by atoms with Gasteiger partial charge in [-0.1, -0.05) is 6.58 Å². The van der Waals surface area contributed by atoms with Crippen LogP contribution in [-0.2, 0) is 19.1 Å². The van der Waals surface area contributed by atoms with Crippen molar-refractivity contribution >= 4 is 24.0 Å². The Morgan fingerprint density at radius 3 is 1.79 bits per heavy atom. The van der Waals surface area contributed by atoms with Crippen molar-refractivity contribution in [3.05, 3.63) is 12.2 Å². The van der Waals surface area contributed by atoms with Crippen molar-refractivity contribution in [3.8, 4) is 0 Å². The molecule has 166 valence electrons. The standard InChI is InChI=1S/C19H34N4O6/c1-12(2)14(24)20-9-10-21-15(25)13(23-17(27)29-19(6,7)8)11-22-16(26)28-18(3,4)5/h13H,1,9-11H2,2-8H3,(H,20,24)(H,21,25)(H,22,26)(H,23,27). The van der Waals surface area contributed by atoms with Gasteiger partial charge in [0.25, 0.3) is 0 Å². The zero-order chi connectivity index (χ0) is 22.8. The largest absolute Gasteiger partial charge is 0.444 e.